The smallest absolute Gasteiger partial charge is 0.407 e. The van der Waals surface area contributed by atoms with Crippen LogP contribution in [0.2, 0.25) is 0 Å². The van der Waals surface area contributed by atoms with E-state index in [0.717, 1.165) is 16.5 Å². The van der Waals surface area contributed by atoms with Crippen LogP contribution in [-0.2, 0) is 20.7 Å². The Morgan fingerprint density at radius 3 is 2.44 bits per heavy atom. The number of H-pyrrole nitrogens is 1. The molecule has 10 heteroatoms. The third-order valence-corrected chi connectivity index (χ3v) is 4.97. The first-order chi connectivity index (χ1) is 16.2. The number of rotatable bonds is 10. The number of benzene rings is 2. The Hall–Kier alpha value is -4.21. The molecule has 1 unspecified atom stereocenters. The van der Waals surface area contributed by atoms with Gasteiger partial charge in [0, 0.05) is 41.2 Å². The van der Waals surface area contributed by atoms with Gasteiger partial charge in [0.05, 0.1) is 11.5 Å². The standard InChI is InChI=1S/C24H25N3O7/c1-15(2)13-34-24(30)26-21(11-17-12-25-20-6-4-3-5-19(17)20)23(29)33-14-22(28)16-7-9-18(10-8-16)27(31)32/h3-10,12,15,21,25H,11,13-14H2,1-2H3,(H,26,30). The quantitative estimate of drug-likeness (QED) is 0.200. The molecule has 0 spiro atoms. The number of para-hydroxylation sites is 1. The summed E-state index contributed by atoms with van der Waals surface area (Å²) in [5, 5.41) is 14.2. The number of hydrogen-bond donors (Lipinski definition) is 2. The second-order valence-corrected chi connectivity index (χ2v) is 8.09. The van der Waals surface area contributed by atoms with Crippen LogP contribution in [0, 0.1) is 16.0 Å². The number of nitrogens with one attached hydrogen (secondary N) is 2. The second-order valence-electron chi connectivity index (χ2n) is 8.09. The van der Waals surface area contributed by atoms with Crippen LogP contribution in [-0.4, -0.2) is 47.0 Å². The number of hydrogen-bond acceptors (Lipinski definition) is 7. The van der Waals surface area contributed by atoms with E-state index in [-0.39, 0.29) is 30.2 Å². The number of nitrogens with zero attached hydrogens (tertiary/aromatic N) is 1. The second kappa shape index (κ2) is 11.1. The number of non-ortho nitro benzene ring substituents is 1. The molecule has 0 radical (unpaired) electrons. The lowest BCUT2D eigenvalue weighted by atomic mass is 10.1. The van der Waals surface area contributed by atoms with Gasteiger partial charge in [-0.05, 0) is 29.7 Å². The first-order valence-corrected chi connectivity index (χ1v) is 10.7. The molecule has 0 saturated carbocycles. The first-order valence-electron chi connectivity index (χ1n) is 10.7. The van der Waals surface area contributed by atoms with Crippen LogP contribution in [0.15, 0.2) is 54.7 Å². The molecule has 0 bridgehead atoms. The van der Waals surface area contributed by atoms with Crippen LogP contribution in [0.3, 0.4) is 0 Å². The fraction of sp³-hybridized carbons (Fsp3) is 0.292. The van der Waals surface area contributed by atoms with Gasteiger partial charge >= 0.3 is 12.1 Å². The molecule has 3 aromatic rings. The molecule has 0 saturated heterocycles. The van der Waals surface area contributed by atoms with E-state index in [9.17, 15) is 24.5 Å². The van der Waals surface area contributed by atoms with Crippen molar-refractivity contribution in [2.75, 3.05) is 13.2 Å². The van der Waals surface area contributed by atoms with E-state index >= 15 is 0 Å². The maximum atomic E-state index is 12.8. The Kier molecular flexibility index (Phi) is 7.96. The average Bonchev–Trinajstić information content (AvgIpc) is 3.23. The predicted octanol–water partition coefficient (Wildman–Crippen LogP) is 3.80. The summed E-state index contributed by atoms with van der Waals surface area (Å²) in [4.78, 5) is 50.7. The summed E-state index contributed by atoms with van der Waals surface area (Å²) in [6.45, 7) is 3.37. The average molecular weight is 467 g/mol. The fourth-order valence-electron chi connectivity index (χ4n) is 3.23. The molecule has 0 aliphatic heterocycles. The molecule has 3 rings (SSSR count). The highest BCUT2D eigenvalue weighted by Gasteiger charge is 2.26. The Balaban J connectivity index is 1.69. The summed E-state index contributed by atoms with van der Waals surface area (Å²) in [7, 11) is 0. The van der Waals surface area contributed by atoms with Crippen molar-refractivity contribution in [3.63, 3.8) is 0 Å². The number of ketones is 1. The molecule has 0 fully saturated rings. The number of alkyl carbamates (subject to hydrolysis) is 1. The lowest BCUT2D eigenvalue weighted by Gasteiger charge is -2.18. The van der Waals surface area contributed by atoms with Gasteiger partial charge in [0.25, 0.3) is 5.69 Å². The lowest BCUT2D eigenvalue weighted by molar-refractivity contribution is -0.384. The summed E-state index contributed by atoms with van der Waals surface area (Å²) < 4.78 is 10.3. The maximum Gasteiger partial charge on any atom is 0.407 e. The third-order valence-electron chi connectivity index (χ3n) is 4.97. The summed E-state index contributed by atoms with van der Waals surface area (Å²) in [5.41, 5.74) is 1.66. The van der Waals surface area contributed by atoms with Crippen molar-refractivity contribution >= 4 is 34.4 Å². The lowest BCUT2D eigenvalue weighted by Crippen LogP contribution is -2.44. The number of esters is 1. The Bertz CT molecular complexity index is 1180. The van der Waals surface area contributed by atoms with E-state index < -0.39 is 35.4 Å². The van der Waals surface area contributed by atoms with Gasteiger partial charge in [-0.1, -0.05) is 32.0 Å². The summed E-state index contributed by atoms with van der Waals surface area (Å²) in [6.07, 6.45) is 1.09. The molecule has 34 heavy (non-hydrogen) atoms. The van der Waals surface area contributed by atoms with Crippen LogP contribution in [0.1, 0.15) is 29.8 Å². The van der Waals surface area contributed by atoms with Crippen LogP contribution in [0.5, 0.6) is 0 Å². The van der Waals surface area contributed by atoms with Gasteiger partial charge in [-0.15, -0.1) is 0 Å². The number of carbonyl (C=O) groups excluding carboxylic acids is 3. The van der Waals surface area contributed by atoms with Gasteiger partial charge < -0.3 is 19.8 Å². The number of fused-ring (bicyclic) bond motifs is 1. The number of ether oxygens (including phenoxy) is 2. The van der Waals surface area contributed by atoms with E-state index in [0.29, 0.717) is 0 Å². The number of aromatic amines is 1. The van der Waals surface area contributed by atoms with E-state index in [2.05, 4.69) is 10.3 Å². The van der Waals surface area contributed by atoms with Gasteiger partial charge in [0.2, 0.25) is 0 Å². The molecule has 1 aromatic heterocycles. The van der Waals surface area contributed by atoms with Crippen LogP contribution in [0.4, 0.5) is 10.5 Å². The minimum Gasteiger partial charge on any atom is -0.456 e. The molecule has 0 aliphatic carbocycles. The minimum atomic E-state index is -1.09. The van der Waals surface area contributed by atoms with E-state index in [4.69, 9.17) is 9.47 Å². The molecule has 1 amide bonds. The van der Waals surface area contributed by atoms with E-state index in [1.807, 2.05) is 38.1 Å². The van der Waals surface area contributed by atoms with Gasteiger partial charge in [0.15, 0.2) is 12.4 Å². The first kappa shape index (κ1) is 24.4. The molecule has 0 aliphatic rings. The van der Waals surface area contributed by atoms with Crippen molar-refractivity contribution in [2.24, 2.45) is 5.92 Å². The largest absolute Gasteiger partial charge is 0.456 e. The summed E-state index contributed by atoms with van der Waals surface area (Å²) in [5.74, 6) is -1.22. The molecule has 1 heterocycles. The van der Waals surface area contributed by atoms with E-state index in [1.165, 1.54) is 24.3 Å². The van der Waals surface area contributed by atoms with Gasteiger partial charge in [-0.3, -0.25) is 14.9 Å². The van der Waals surface area contributed by atoms with Crippen LogP contribution < -0.4 is 5.32 Å². The molecular weight excluding hydrogens is 442 g/mol. The van der Waals surface area contributed by atoms with Crippen molar-refractivity contribution in [3.8, 4) is 0 Å². The topological polar surface area (TPSA) is 141 Å². The fourth-order valence-corrected chi connectivity index (χ4v) is 3.23. The highest BCUT2D eigenvalue weighted by Crippen LogP contribution is 2.20. The monoisotopic (exact) mass is 467 g/mol. The Morgan fingerprint density at radius 1 is 1.06 bits per heavy atom. The highest BCUT2D eigenvalue weighted by molar-refractivity contribution is 5.98. The summed E-state index contributed by atoms with van der Waals surface area (Å²) >= 11 is 0. The van der Waals surface area contributed by atoms with Crippen molar-refractivity contribution < 1.29 is 28.8 Å². The summed E-state index contributed by atoms with van der Waals surface area (Å²) in [6, 6.07) is 11.4. The highest BCUT2D eigenvalue weighted by atomic mass is 16.6. The van der Waals surface area contributed by atoms with Crippen LogP contribution in [0.25, 0.3) is 10.9 Å². The van der Waals surface area contributed by atoms with Crippen molar-refractivity contribution in [2.45, 2.75) is 26.3 Å². The van der Waals surface area contributed by atoms with Crippen molar-refractivity contribution in [3.05, 3.63) is 76.0 Å². The number of carbonyl (C=O) groups is 3. The SMILES string of the molecule is CC(C)COC(=O)NC(Cc1c[nH]c2ccccc12)C(=O)OCC(=O)c1ccc([N+](=O)[O-])cc1. The molecule has 2 aromatic carbocycles. The number of aromatic nitrogens is 1. The predicted molar refractivity (Wildman–Crippen MR) is 123 cm³/mol. The van der Waals surface area contributed by atoms with Crippen LogP contribution >= 0.6 is 0 Å². The third kappa shape index (κ3) is 6.41. The normalized spacial score (nSPS) is 11.7. The van der Waals surface area contributed by atoms with Gasteiger partial charge in [0.1, 0.15) is 6.04 Å². The molecule has 10 nitrogen and oxygen atoms in total. The number of nitro groups is 1. The molecule has 1 atom stereocenters. The molecule has 2 N–H and O–H groups in total. The van der Waals surface area contributed by atoms with E-state index in [1.54, 1.807) is 6.20 Å². The number of nitro benzene ring substituents is 1. The zero-order valence-electron chi connectivity index (χ0n) is 18.8. The Labute approximate surface area is 195 Å². The van der Waals surface area contributed by atoms with Gasteiger partial charge in [-0.25, -0.2) is 9.59 Å². The number of Topliss-reactive ketones (excluding diaryl/α,β-unsaturated/α-hetero) is 1. The van der Waals surface area contributed by atoms with Gasteiger partial charge in [-0.2, -0.15) is 0 Å². The minimum absolute atomic E-state index is 0.115. The number of amides is 1. The molecule has 178 valence electrons. The van der Waals surface area contributed by atoms with Crippen molar-refractivity contribution in [1.82, 2.24) is 10.3 Å². The Morgan fingerprint density at radius 2 is 1.76 bits per heavy atom. The zero-order chi connectivity index (χ0) is 24.7. The maximum absolute atomic E-state index is 12.8. The zero-order valence-corrected chi connectivity index (χ0v) is 18.8. The van der Waals surface area contributed by atoms with Crippen molar-refractivity contribution in [1.29, 1.82) is 0 Å². The molecular formula is C24H25N3O7.